The SMILES string of the molecule is COCCC[N-]c1nc2ccccc2nc1NS(=O)(=O)c1ccc(F)cc1. The molecule has 0 spiro atoms. The van der Waals surface area contributed by atoms with Crippen LogP contribution in [0.2, 0.25) is 0 Å². The van der Waals surface area contributed by atoms with Gasteiger partial charge in [-0.15, -0.1) is 0 Å². The van der Waals surface area contributed by atoms with Gasteiger partial charge in [-0.1, -0.05) is 18.2 Å². The maximum absolute atomic E-state index is 13.1. The number of rotatable bonds is 8. The molecule has 142 valence electrons. The van der Waals surface area contributed by atoms with Gasteiger partial charge in [0.2, 0.25) is 0 Å². The quantitative estimate of drug-likeness (QED) is 0.594. The molecule has 0 saturated heterocycles. The largest absolute Gasteiger partial charge is 0.462 e. The lowest BCUT2D eigenvalue weighted by Gasteiger charge is -2.21. The number of halogens is 1. The van der Waals surface area contributed by atoms with Crippen LogP contribution in [-0.2, 0) is 14.8 Å². The molecule has 0 aliphatic carbocycles. The van der Waals surface area contributed by atoms with Crippen LogP contribution < -0.4 is 4.72 Å². The Balaban J connectivity index is 1.94. The Morgan fingerprint density at radius 1 is 1.07 bits per heavy atom. The van der Waals surface area contributed by atoms with Crippen molar-refractivity contribution in [3.8, 4) is 0 Å². The predicted molar refractivity (Wildman–Crippen MR) is 101 cm³/mol. The zero-order valence-corrected chi connectivity index (χ0v) is 15.4. The van der Waals surface area contributed by atoms with E-state index >= 15 is 0 Å². The van der Waals surface area contributed by atoms with E-state index in [0.29, 0.717) is 30.6 Å². The first-order chi connectivity index (χ1) is 13.0. The van der Waals surface area contributed by atoms with E-state index < -0.39 is 15.8 Å². The maximum Gasteiger partial charge on any atom is 0.263 e. The minimum Gasteiger partial charge on any atom is -0.462 e. The monoisotopic (exact) mass is 389 g/mol. The van der Waals surface area contributed by atoms with Crippen LogP contribution in [0.15, 0.2) is 53.4 Å². The summed E-state index contributed by atoms with van der Waals surface area (Å²) in [6, 6.07) is 11.6. The third kappa shape index (κ3) is 4.69. The fourth-order valence-corrected chi connectivity index (χ4v) is 3.37. The highest BCUT2D eigenvalue weighted by molar-refractivity contribution is 7.92. The Kier molecular flexibility index (Phi) is 5.82. The first-order valence-corrected chi connectivity index (χ1v) is 9.69. The number of nitrogens with zero attached hydrogens (tertiary/aromatic N) is 3. The van der Waals surface area contributed by atoms with E-state index in [1.807, 2.05) is 6.07 Å². The van der Waals surface area contributed by atoms with Gasteiger partial charge >= 0.3 is 0 Å². The summed E-state index contributed by atoms with van der Waals surface area (Å²) in [5.41, 5.74) is 1.14. The molecule has 3 rings (SSSR count). The lowest BCUT2D eigenvalue weighted by Crippen LogP contribution is -2.15. The molecule has 7 nitrogen and oxygen atoms in total. The van der Waals surface area contributed by atoms with Gasteiger partial charge in [-0.05, 0) is 54.6 Å². The summed E-state index contributed by atoms with van der Waals surface area (Å²) in [5, 5.41) is 4.35. The molecular weight excluding hydrogens is 371 g/mol. The first kappa shape index (κ1) is 19.0. The van der Waals surface area contributed by atoms with Crippen LogP contribution in [0.1, 0.15) is 6.42 Å². The van der Waals surface area contributed by atoms with E-state index in [1.54, 1.807) is 25.3 Å². The number of para-hydroxylation sites is 2. The van der Waals surface area contributed by atoms with Gasteiger partial charge in [0.1, 0.15) is 11.6 Å². The highest BCUT2D eigenvalue weighted by Gasteiger charge is 2.16. The van der Waals surface area contributed by atoms with Gasteiger partial charge in [0, 0.05) is 13.7 Å². The number of hydrogen-bond acceptors (Lipinski definition) is 5. The number of hydrogen-bond donors (Lipinski definition) is 1. The van der Waals surface area contributed by atoms with E-state index in [-0.39, 0.29) is 16.5 Å². The summed E-state index contributed by atoms with van der Waals surface area (Å²) >= 11 is 0. The topological polar surface area (TPSA) is 95.3 Å². The Morgan fingerprint density at radius 3 is 2.41 bits per heavy atom. The molecule has 0 aliphatic rings. The van der Waals surface area contributed by atoms with Crippen LogP contribution in [0.5, 0.6) is 0 Å². The summed E-state index contributed by atoms with van der Waals surface area (Å²) in [6.45, 7) is 0.938. The molecule has 2 aromatic carbocycles. The molecule has 0 aliphatic heterocycles. The highest BCUT2D eigenvalue weighted by Crippen LogP contribution is 2.29. The molecule has 1 N–H and O–H groups in total. The van der Waals surface area contributed by atoms with E-state index in [4.69, 9.17) is 4.74 Å². The second-order valence-corrected chi connectivity index (χ2v) is 7.35. The number of methoxy groups -OCH3 is 1. The normalized spacial score (nSPS) is 11.5. The lowest BCUT2D eigenvalue weighted by molar-refractivity contribution is 0.198. The Morgan fingerprint density at radius 2 is 1.74 bits per heavy atom. The molecule has 0 fully saturated rings. The predicted octanol–water partition coefficient (Wildman–Crippen LogP) is 3.61. The van der Waals surface area contributed by atoms with Crippen molar-refractivity contribution in [3.63, 3.8) is 0 Å². The fourth-order valence-electron chi connectivity index (χ4n) is 2.36. The van der Waals surface area contributed by atoms with Crippen molar-refractivity contribution < 1.29 is 17.5 Å². The molecule has 1 heterocycles. The summed E-state index contributed by atoms with van der Waals surface area (Å²) in [7, 11) is -2.37. The molecule has 9 heteroatoms. The number of ether oxygens (including phenoxy) is 1. The van der Waals surface area contributed by atoms with E-state index in [9.17, 15) is 12.8 Å². The Labute approximate surface area is 156 Å². The Hall–Kier alpha value is -2.78. The molecule has 1 aromatic heterocycles. The van der Waals surface area contributed by atoms with E-state index in [1.165, 1.54) is 12.1 Å². The average Bonchev–Trinajstić information content (AvgIpc) is 2.65. The van der Waals surface area contributed by atoms with Gasteiger partial charge in [0.05, 0.1) is 10.4 Å². The molecule has 0 amide bonds. The third-order valence-corrected chi connectivity index (χ3v) is 5.03. The van der Waals surface area contributed by atoms with Crippen molar-refractivity contribution in [2.75, 3.05) is 25.0 Å². The molecule has 0 saturated carbocycles. The smallest absolute Gasteiger partial charge is 0.263 e. The molecular formula is C18H18FN4O3S-. The van der Waals surface area contributed by atoms with Crippen molar-refractivity contribution in [1.29, 1.82) is 0 Å². The molecule has 0 atom stereocenters. The van der Waals surface area contributed by atoms with Crippen molar-refractivity contribution in [2.45, 2.75) is 11.3 Å². The zero-order chi connectivity index (χ0) is 19.3. The van der Waals surface area contributed by atoms with Crippen molar-refractivity contribution in [3.05, 3.63) is 59.7 Å². The minimum absolute atomic E-state index is 0.0236. The van der Waals surface area contributed by atoms with Gasteiger partial charge in [-0.2, -0.15) is 0 Å². The first-order valence-electron chi connectivity index (χ1n) is 8.21. The van der Waals surface area contributed by atoms with Crippen LogP contribution in [0.3, 0.4) is 0 Å². The van der Waals surface area contributed by atoms with Crippen molar-refractivity contribution in [1.82, 2.24) is 9.97 Å². The number of benzene rings is 2. The molecule has 0 bridgehead atoms. The minimum atomic E-state index is -3.96. The Bertz CT molecular complexity index is 1030. The van der Waals surface area contributed by atoms with Crippen molar-refractivity contribution >= 4 is 32.7 Å². The van der Waals surface area contributed by atoms with Crippen LogP contribution >= 0.6 is 0 Å². The van der Waals surface area contributed by atoms with Gasteiger partial charge in [-0.25, -0.2) is 17.8 Å². The second kappa shape index (κ2) is 8.28. The fraction of sp³-hybridized carbons (Fsp3) is 0.222. The zero-order valence-electron chi connectivity index (χ0n) is 14.6. The number of nitrogens with one attached hydrogen (secondary N) is 1. The number of anilines is 1. The summed E-state index contributed by atoms with van der Waals surface area (Å²) in [6.07, 6.45) is 0.662. The van der Waals surface area contributed by atoms with Gasteiger partial charge in [0.25, 0.3) is 10.0 Å². The van der Waals surface area contributed by atoms with Crippen LogP contribution in [0, 0.1) is 5.82 Å². The van der Waals surface area contributed by atoms with Gasteiger partial charge in [0.15, 0.2) is 0 Å². The second-order valence-electron chi connectivity index (χ2n) is 5.67. The third-order valence-electron chi connectivity index (χ3n) is 3.68. The standard InChI is InChI=1S/C18H18FN4O3S/c1-26-12-4-11-20-17-18(22-16-6-3-2-5-15(16)21-17)23-27(24,25)14-9-7-13(19)8-10-14/h2-3,5-10H,4,11-12H2,1H3,(H-,20,21,22,23)/q-1. The summed E-state index contributed by atoms with van der Waals surface area (Å²) in [5.74, 6) is -0.306. The van der Waals surface area contributed by atoms with Crippen LogP contribution in [0.4, 0.5) is 16.0 Å². The van der Waals surface area contributed by atoms with Gasteiger partial charge in [-0.3, -0.25) is 4.72 Å². The van der Waals surface area contributed by atoms with Crippen molar-refractivity contribution in [2.24, 2.45) is 0 Å². The van der Waals surface area contributed by atoms with Gasteiger partial charge < -0.3 is 15.0 Å². The molecule has 0 unspecified atom stereocenters. The van der Waals surface area contributed by atoms with E-state index in [0.717, 1.165) is 12.1 Å². The highest BCUT2D eigenvalue weighted by atomic mass is 32.2. The summed E-state index contributed by atoms with van der Waals surface area (Å²) in [4.78, 5) is 8.68. The lowest BCUT2D eigenvalue weighted by atomic mass is 10.3. The summed E-state index contributed by atoms with van der Waals surface area (Å²) < 4.78 is 45.7. The number of fused-ring (bicyclic) bond motifs is 1. The molecule has 3 aromatic rings. The number of sulfonamides is 1. The van der Waals surface area contributed by atoms with Crippen LogP contribution in [0.25, 0.3) is 16.4 Å². The molecule has 0 radical (unpaired) electrons. The van der Waals surface area contributed by atoms with E-state index in [2.05, 4.69) is 20.0 Å². The number of aromatic nitrogens is 2. The van der Waals surface area contributed by atoms with Crippen LogP contribution in [-0.4, -0.2) is 38.6 Å². The average molecular weight is 389 g/mol. The molecule has 27 heavy (non-hydrogen) atoms. The maximum atomic E-state index is 13.1.